The van der Waals surface area contributed by atoms with E-state index in [1.54, 1.807) is 0 Å². The Hall–Kier alpha value is -1.86. The van der Waals surface area contributed by atoms with E-state index in [9.17, 15) is 4.79 Å². The molecule has 4 N–H and O–H groups in total. The summed E-state index contributed by atoms with van der Waals surface area (Å²) >= 11 is 11.4. The molecule has 1 fully saturated rings. The number of nitrogens with one attached hydrogen (secondary N) is 2. The summed E-state index contributed by atoms with van der Waals surface area (Å²) in [6.45, 7) is 0. The summed E-state index contributed by atoms with van der Waals surface area (Å²) in [5.41, 5.74) is 7.24. The van der Waals surface area contributed by atoms with E-state index >= 15 is 0 Å². The summed E-state index contributed by atoms with van der Waals surface area (Å²) in [5, 5.41) is 9.36. The Labute approximate surface area is 123 Å². The summed E-state index contributed by atoms with van der Waals surface area (Å²) < 4.78 is 0. The lowest BCUT2D eigenvalue weighted by atomic mass is 10.2. The summed E-state index contributed by atoms with van der Waals surface area (Å²) in [6.07, 6.45) is 2.12. The van der Waals surface area contributed by atoms with Gasteiger partial charge in [-0.25, -0.2) is 9.97 Å². The second-order valence-electron chi connectivity index (χ2n) is 4.47. The summed E-state index contributed by atoms with van der Waals surface area (Å²) in [5.74, 6) is 0.0962. The molecular weight excluding hydrogens is 303 g/mol. The number of hydrogen-bond acceptors (Lipinski definition) is 5. The fourth-order valence-electron chi connectivity index (χ4n) is 1.85. The number of carbonyl (C=O) groups is 1. The highest BCUT2D eigenvalue weighted by molar-refractivity contribution is 6.32. The molecule has 20 heavy (non-hydrogen) atoms. The quantitative estimate of drug-likeness (QED) is 0.594. The van der Waals surface area contributed by atoms with Crippen molar-refractivity contribution in [2.75, 3.05) is 11.1 Å². The molecule has 0 bridgehead atoms. The Morgan fingerprint density at radius 2 is 2.15 bits per heavy atom. The highest BCUT2D eigenvalue weighted by Crippen LogP contribution is 2.42. The lowest BCUT2D eigenvalue weighted by Crippen LogP contribution is -2.15. The minimum atomic E-state index is -0.475. The Balaban J connectivity index is 1.82. The Morgan fingerprint density at radius 1 is 1.40 bits per heavy atom. The van der Waals surface area contributed by atoms with E-state index in [0.717, 1.165) is 18.5 Å². The predicted molar refractivity (Wildman–Crippen MR) is 75.0 cm³/mol. The van der Waals surface area contributed by atoms with E-state index in [0.29, 0.717) is 11.6 Å². The molecule has 3 rings (SSSR count). The first kappa shape index (κ1) is 13.1. The predicted octanol–water partition coefficient (Wildman–Crippen LogP) is 2.22. The number of anilines is 2. The first-order chi connectivity index (χ1) is 9.54. The fourth-order valence-corrected chi connectivity index (χ4v) is 2.26. The third-order valence-electron chi connectivity index (χ3n) is 2.94. The van der Waals surface area contributed by atoms with Gasteiger partial charge in [-0.2, -0.15) is 5.10 Å². The van der Waals surface area contributed by atoms with Gasteiger partial charge < -0.3 is 11.1 Å². The van der Waals surface area contributed by atoms with Crippen molar-refractivity contribution < 1.29 is 4.79 Å². The van der Waals surface area contributed by atoms with Crippen molar-refractivity contribution in [3.63, 3.8) is 0 Å². The second-order valence-corrected chi connectivity index (χ2v) is 5.20. The first-order valence-corrected chi connectivity index (χ1v) is 6.65. The molecule has 1 aliphatic carbocycles. The number of nitrogens with two attached hydrogens (primary N) is 1. The number of aromatic nitrogens is 4. The lowest BCUT2D eigenvalue weighted by Gasteiger charge is -2.03. The fraction of sp³-hybridized carbons (Fsp3) is 0.273. The average molecular weight is 313 g/mol. The SMILES string of the molecule is Nc1c(C(=O)Nc2cc(Cl)nc(Cl)n2)n[nH]c1C1CC1. The van der Waals surface area contributed by atoms with Crippen LogP contribution in [-0.4, -0.2) is 26.1 Å². The van der Waals surface area contributed by atoms with Crippen LogP contribution < -0.4 is 11.1 Å². The van der Waals surface area contributed by atoms with Gasteiger partial charge in [0.2, 0.25) is 5.28 Å². The molecule has 104 valence electrons. The number of halogens is 2. The van der Waals surface area contributed by atoms with Crippen LogP contribution in [0, 0.1) is 0 Å². The monoisotopic (exact) mass is 312 g/mol. The maximum atomic E-state index is 12.1. The molecule has 2 aromatic rings. The molecule has 1 saturated carbocycles. The van der Waals surface area contributed by atoms with Crippen LogP contribution >= 0.6 is 23.2 Å². The van der Waals surface area contributed by atoms with Gasteiger partial charge in [0, 0.05) is 12.0 Å². The van der Waals surface area contributed by atoms with E-state index in [1.807, 2.05) is 0 Å². The minimum Gasteiger partial charge on any atom is -0.395 e. The average Bonchev–Trinajstić information content (AvgIpc) is 3.11. The van der Waals surface area contributed by atoms with Crippen molar-refractivity contribution in [1.82, 2.24) is 20.2 Å². The summed E-state index contributed by atoms with van der Waals surface area (Å²) in [7, 11) is 0. The topological polar surface area (TPSA) is 110 Å². The molecule has 0 spiro atoms. The first-order valence-electron chi connectivity index (χ1n) is 5.89. The van der Waals surface area contributed by atoms with Gasteiger partial charge in [0.1, 0.15) is 11.0 Å². The molecule has 2 heterocycles. The van der Waals surface area contributed by atoms with E-state index in [4.69, 9.17) is 28.9 Å². The number of carbonyl (C=O) groups excluding carboxylic acids is 1. The number of nitrogen functional groups attached to an aromatic ring is 1. The Morgan fingerprint density at radius 3 is 2.80 bits per heavy atom. The number of amides is 1. The molecule has 1 amide bonds. The Kier molecular flexibility index (Phi) is 3.23. The molecule has 1 aliphatic rings. The highest BCUT2D eigenvalue weighted by Gasteiger charge is 2.30. The number of hydrogen-bond donors (Lipinski definition) is 3. The molecule has 0 unspecified atom stereocenters. The van der Waals surface area contributed by atoms with E-state index in [-0.39, 0.29) is 21.9 Å². The molecule has 2 aromatic heterocycles. The van der Waals surface area contributed by atoms with Crippen molar-refractivity contribution in [2.45, 2.75) is 18.8 Å². The standard InChI is InChI=1S/C11H10Cl2N6O/c12-5-3-6(17-11(13)15-5)16-10(20)9-7(14)8(18-19-9)4-1-2-4/h3-4H,1-2,14H2,(H,18,19)(H,15,16,17,20). The van der Waals surface area contributed by atoms with Crippen molar-refractivity contribution in [3.05, 3.63) is 27.9 Å². The van der Waals surface area contributed by atoms with Crippen molar-refractivity contribution in [3.8, 4) is 0 Å². The summed E-state index contributed by atoms with van der Waals surface area (Å²) in [4.78, 5) is 19.6. The van der Waals surface area contributed by atoms with Crippen LogP contribution in [0.15, 0.2) is 6.07 Å². The van der Waals surface area contributed by atoms with Crippen LogP contribution in [0.4, 0.5) is 11.5 Å². The van der Waals surface area contributed by atoms with Gasteiger partial charge in [-0.1, -0.05) is 11.6 Å². The van der Waals surface area contributed by atoms with Gasteiger partial charge in [0.15, 0.2) is 5.69 Å². The van der Waals surface area contributed by atoms with E-state index < -0.39 is 5.91 Å². The second kappa shape index (κ2) is 4.92. The molecular formula is C11H10Cl2N6O. The molecule has 0 radical (unpaired) electrons. The molecule has 0 saturated heterocycles. The van der Waals surface area contributed by atoms with Crippen LogP contribution in [0.5, 0.6) is 0 Å². The number of nitrogens with zero attached hydrogens (tertiary/aromatic N) is 3. The van der Waals surface area contributed by atoms with Crippen molar-refractivity contribution in [2.24, 2.45) is 0 Å². The van der Waals surface area contributed by atoms with Gasteiger partial charge in [-0.15, -0.1) is 0 Å². The molecule has 0 aromatic carbocycles. The van der Waals surface area contributed by atoms with Crippen molar-refractivity contribution in [1.29, 1.82) is 0 Å². The van der Waals surface area contributed by atoms with Crippen molar-refractivity contribution >= 4 is 40.6 Å². The Bertz CT molecular complexity index is 661. The van der Waals surface area contributed by atoms with Gasteiger partial charge in [0.25, 0.3) is 5.91 Å². The van der Waals surface area contributed by atoms with Crippen LogP contribution in [0.3, 0.4) is 0 Å². The number of aromatic amines is 1. The number of H-pyrrole nitrogens is 1. The van der Waals surface area contributed by atoms with Gasteiger partial charge in [0.05, 0.1) is 11.4 Å². The smallest absolute Gasteiger partial charge is 0.279 e. The van der Waals surface area contributed by atoms with Gasteiger partial charge >= 0.3 is 0 Å². The minimum absolute atomic E-state index is 0.0542. The zero-order chi connectivity index (χ0) is 14.3. The molecule has 7 nitrogen and oxygen atoms in total. The maximum Gasteiger partial charge on any atom is 0.279 e. The van der Waals surface area contributed by atoms with Crippen LogP contribution in [0.2, 0.25) is 10.4 Å². The normalized spacial score (nSPS) is 14.3. The van der Waals surface area contributed by atoms with Crippen LogP contribution in [0.1, 0.15) is 34.9 Å². The number of rotatable bonds is 3. The zero-order valence-electron chi connectivity index (χ0n) is 10.2. The van der Waals surface area contributed by atoms with E-state index in [1.165, 1.54) is 6.07 Å². The zero-order valence-corrected chi connectivity index (χ0v) is 11.7. The van der Waals surface area contributed by atoms with Gasteiger partial charge in [-0.05, 0) is 24.4 Å². The largest absolute Gasteiger partial charge is 0.395 e. The maximum absolute atomic E-state index is 12.1. The third-order valence-corrected chi connectivity index (χ3v) is 3.31. The molecule has 0 atom stereocenters. The van der Waals surface area contributed by atoms with Crippen LogP contribution in [-0.2, 0) is 0 Å². The highest BCUT2D eigenvalue weighted by atomic mass is 35.5. The van der Waals surface area contributed by atoms with E-state index in [2.05, 4.69) is 25.5 Å². The summed E-state index contributed by atoms with van der Waals surface area (Å²) in [6, 6.07) is 1.38. The van der Waals surface area contributed by atoms with Gasteiger partial charge in [-0.3, -0.25) is 9.89 Å². The third kappa shape index (κ3) is 2.54. The van der Waals surface area contributed by atoms with Crippen LogP contribution in [0.25, 0.3) is 0 Å². The molecule has 0 aliphatic heterocycles. The lowest BCUT2D eigenvalue weighted by molar-refractivity contribution is 0.102. The molecule has 9 heteroatoms.